The van der Waals surface area contributed by atoms with Crippen LogP contribution in [0.25, 0.3) is 10.9 Å². The Balaban J connectivity index is 2.04. The van der Waals surface area contributed by atoms with Gasteiger partial charge in [-0.25, -0.2) is 4.68 Å². The van der Waals surface area contributed by atoms with Gasteiger partial charge >= 0.3 is 0 Å². The number of hydrogen-bond acceptors (Lipinski definition) is 5. The van der Waals surface area contributed by atoms with Gasteiger partial charge in [-0.3, -0.25) is 9.71 Å². The van der Waals surface area contributed by atoms with Gasteiger partial charge in [-0.1, -0.05) is 23.4 Å². The van der Waals surface area contributed by atoms with Crippen LogP contribution in [0.1, 0.15) is 12.5 Å². The number of aromatic nitrogens is 4. The molecule has 0 amide bonds. The first-order valence-corrected chi connectivity index (χ1v) is 8.27. The summed E-state index contributed by atoms with van der Waals surface area (Å²) in [6, 6.07) is 7.58. The molecule has 0 atom stereocenters. The first-order valence-electron chi connectivity index (χ1n) is 6.78. The number of sulfonamides is 1. The molecule has 0 unspecified atom stereocenters. The highest BCUT2D eigenvalue weighted by molar-refractivity contribution is 7.92. The maximum Gasteiger partial charge on any atom is 0.280 e. The van der Waals surface area contributed by atoms with Gasteiger partial charge in [0.15, 0.2) is 5.03 Å². The summed E-state index contributed by atoms with van der Waals surface area (Å²) < 4.78 is 28.9. The van der Waals surface area contributed by atoms with Crippen molar-refractivity contribution in [1.82, 2.24) is 20.0 Å². The Morgan fingerprint density at radius 2 is 2.00 bits per heavy atom. The molecule has 1 N–H and O–H groups in total. The Morgan fingerprint density at radius 1 is 1.23 bits per heavy atom. The van der Waals surface area contributed by atoms with Gasteiger partial charge in [0.05, 0.1) is 23.6 Å². The highest BCUT2D eigenvalue weighted by Gasteiger charge is 2.21. The third-order valence-electron chi connectivity index (χ3n) is 3.45. The number of nitrogens with zero attached hydrogens (tertiary/aromatic N) is 4. The summed E-state index contributed by atoms with van der Waals surface area (Å²) >= 11 is 0. The molecule has 2 heterocycles. The van der Waals surface area contributed by atoms with Gasteiger partial charge in [0.1, 0.15) is 0 Å². The topological polar surface area (TPSA) is 89.8 Å². The smallest absolute Gasteiger partial charge is 0.276 e. The number of nitrogens with one attached hydrogen (secondary N) is 1. The number of hydrogen-bond donors (Lipinski definition) is 1. The van der Waals surface area contributed by atoms with E-state index in [0.29, 0.717) is 12.2 Å². The molecular weight excluding hydrogens is 302 g/mol. The Morgan fingerprint density at radius 3 is 2.77 bits per heavy atom. The minimum Gasteiger partial charge on any atom is -0.276 e. The molecule has 0 aliphatic rings. The van der Waals surface area contributed by atoms with Crippen LogP contribution in [0, 0.1) is 6.92 Å². The quantitative estimate of drug-likeness (QED) is 0.794. The first kappa shape index (κ1) is 14.5. The predicted octanol–water partition coefficient (Wildman–Crippen LogP) is 1.96. The summed E-state index contributed by atoms with van der Waals surface area (Å²) in [5.41, 5.74) is 2.09. The van der Waals surface area contributed by atoms with Crippen molar-refractivity contribution in [3.63, 3.8) is 0 Å². The van der Waals surface area contributed by atoms with Gasteiger partial charge in [-0.05, 0) is 25.5 Å². The van der Waals surface area contributed by atoms with E-state index in [1.54, 1.807) is 6.92 Å². The van der Waals surface area contributed by atoms with Crippen molar-refractivity contribution in [2.24, 2.45) is 0 Å². The minimum absolute atomic E-state index is 0.0301. The summed E-state index contributed by atoms with van der Waals surface area (Å²) in [5, 5.41) is 8.34. The lowest BCUT2D eigenvalue weighted by Gasteiger charge is -2.12. The van der Waals surface area contributed by atoms with Crippen LogP contribution in [0.2, 0.25) is 0 Å². The van der Waals surface area contributed by atoms with Crippen molar-refractivity contribution in [3.8, 4) is 0 Å². The fourth-order valence-electron chi connectivity index (χ4n) is 2.25. The summed E-state index contributed by atoms with van der Waals surface area (Å²) in [5.74, 6) is 0. The molecule has 1 aromatic carbocycles. The van der Waals surface area contributed by atoms with Gasteiger partial charge in [0.2, 0.25) is 0 Å². The van der Waals surface area contributed by atoms with E-state index in [4.69, 9.17) is 0 Å². The fraction of sp³-hybridized carbons (Fsp3) is 0.214. The highest BCUT2D eigenvalue weighted by atomic mass is 32.2. The standard InChI is InChI=1S/C14H15N5O2S/c1-3-19-14(9-16-18-19)22(20,21)17-13-8-15-12-7-5-4-6-11(12)10(13)2/h4-9,17H,3H2,1-2H3. The molecule has 7 nitrogen and oxygen atoms in total. The molecule has 0 aliphatic heterocycles. The zero-order valence-electron chi connectivity index (χ0n) is 12.2. The summed E-state index contributed by atoms with van der Waals surface area (Å²) in [6.07, 6.45) is 2.75. The molecule has 0 saturated heterocycles. The molecule has 3 rings (SSSR count). The van der Waals surface area contributed by atoms with Crippen molar-refractivity contribution < 1.29 is 8.42 Å². The number of benzene rings is 1. The van der Waals surface area contributed by atoms with Crippen LogP contribution in [0.4, 0.5) is 5.69 Å². The molecule has 0 radical (unpaired) electrons. The van der Waals surface area contributed by atoms with Crippen LogP contribution in [-0.4, -0.2) is 28.4 Å². The van der Waals surface area contributed by atoms with Crippen LogP contribution in [0.3, 0.4) is 0 Å². The van der Waals surface area contributed by atoms with Crippen LogP contribution < -0.4 is 4.72 Å². The van der Waals surface area contributed by atoms with Crippen molar-refractivity contribution in [1.29, 1.82) is 0 Å². The Kier molecular flexibility index (Phi) is 3.53. The second kappa shape index (κ2) is 5.38. The number of rotatable bonds is 4. The van der Waals surface area contributed by atoms with E-state index in [9.17, 15) is 8.42 Å². The van der Waals surface area contributed by atoms with E-state index in [-0.39, 0.29) is 5.03 Å². The van der Waals surface area contributed by atoms with E-state index >= 15 is 0 Å². The summed E-state index contributed by atoms with van der Waals surface area (Å²) in [7, 11) is -3.76. The van der Waals surface area contributed by atoms with Crippen molar-refractivity contribution in [3.05, 3.63) is 42.2 Å². The van der Waals surface area contributed by atoms with Crippen molar-refractivity contribution in [2.75, 3.05) is 4.72 Å². The third-order valence-corrected chi connectivity index (χ3v) is 4.80. The van der Waals surface area contributed by atoms with Crippen LogP contribution >= 0.6 is 0 Å². The molecule has 0 fully saturated rings. The Labute approximate surface area is 128 Å². The fourth-order valence-corrected chi connectivity index (χ4v) is 3.48. The third kappa shape index (κ3) is 2.41. The normalized spacial score (nSPS) is 11.7. The second-order valence-electron chi connectivity index (χ2n) is 4.81. The maximum absolute atomic E-state index is 12.5. The number of para-hydroxylation sites is 1. The van der Waals surface area contributed by atoms with Crippen molar-refractivity contribution in [2.45, 2.75) is 25.4 Å². The number of pyridine rings is 1. The molecule has 0 spiro atoms. The average molecular weight is 317 g/mol. The van der Waals surface area contributed by atoms with E-state index in [0.717, 1.165) is 16.5 Å². The van der Waals surface area contributed by atoms with E-state index < -0.39 is 10.0 Å². The monoisotopic (exact) mass is 317 g/mol. The molecular formula is C14H15N5O2S. The summed E-state index contributed by atoms with van der Waals surface area (Å²) in [6.45, 7) is 4.08. The van der Waals surface area contributed by atoms with Gasteiger partial charge in [-0.2, -0.15) is 8.42 Å². The summed E-state index contributed by atoms with van der Waals surface area (Å²) in [4.78, 5) is 4.29. The molecule has 0 saturated carbocycles. The Bertz CT molecular complexity index is 933. The number of anilines is 1. The van der Waals surface area contributed by atoms with Crippen LogP contribution in [0.15, 0.2) is 41.7 Å². The zero-order valence-corrected chi connectivity index (χ0v) is 13.0. The van der Waals surface area contributed by atoms with Crippen LogP contribution in [0.5, 0.6) is 0 Å². The van der Waals surface area contributed by atoms with Gasteiger partial charge < -0.3 is 0 Å². The lowest BCUT2D eigenvalue weighted by Crippen LogP contribution is -2.18. The molecule has 0 aliphatic carbocycles. The Hall–Kier alpha value is -2.48. The number of aryl methyl sites for hydroxylation is 2. The largest absolute Gasteiger partial charge is 0.280 e. The molecule has 22 heavy (non-hydrogen) atoms. The van der Waals surface area contributed by atoms with Gasteiger partial charge in [0.25, 0.3) is 10.0 Å². The molecule has 0 bridgehead atoms. The van der Waals surface area contributed by atoms with Gasteiger partial charge in [-0.15, -0.1) is 5.10 Å². The number of fused-ring (bicyclic) bond motifs is 1. The lowest BCUT2D eigenvalue weighted by atomic mass is 10.1. The molecule has 2 aromatic heterocycles. The van der Waals surface area contributed by atoms with E-state index in [2.05, 4.69) is 20.0 Å². The van der Waals surface area contributed by atoms with Crippen molar-refractivity contribution >= 4 is 26.6 Å². The second-order valence-corrected chi connectivity index (χ2v) is 6.44. The molecule has 114 valence electrons. The SMILES string of the molecule is CCn1nncc1S(=O)(=O)Nc1cnc2ccccc2c1C. The highest BCUT2D eigenvalue weighted by Crippen LogP contribution is 2.25. The maximum atomic E-state index is 12.5. The average Bonchev–Trinajstić information content (AvgIpc) is 3.00. The van der Waals surface area contributed by atoms with E-state index in [1.807, 2.05) is 31.2 Å². The zero-order chi connectivity index (χ0) is 15.7. The van der Waals surface area contributed by atoms with E-state index in [1.165, 1.54) is 17.1 Å². The predicted molar refractivity (Wildman–Crippen MR) is 83.0 cm³/mol. The first-order chi connectivity index (χ1) is 10.5. The molecule has 8 heteroatoms. The van der Waals surface area contributed by atoms with Crippen LogP contribution in [-0.2, 0) is 16.6 Å². The van der Waals surface area contributed by atoms with Gasteiger partial charge in [0, 0.05) is 11.9 Å². The minimum atomic E-state index is -3.76. The molecule has 3 aromatic rings. The lowest BCUT2D eigenvalue weighted by molar-refractivity contribution is 0.549.